The SMILES string of the molecule is COc1cccc(OCCOc2ccc(/C=C3\SC(=S)N(c4ccccc4)C3=O)cc2)c1. The van der Waals surface area contributed by atoms with E-state index in [4.69, 9.17) is 26.4 Å². The molecule has 3 aromatic rings. The molecule has 1 heterocycles. The van der Waals surface area contributed by atoms with Gasteiger partial charge in [0.15, 0.2) is 4.32 Å². The van der Waals surface area contributed by atoms with Crippen molar-refractivity contribution < 1.29 is 19.0 Å². The third-order valence-corrected chi connectivity index (χ3v) is 5.95. The summed E-state index contributed by atoms with van der Waals surface area (Å²) < 4.78 is 17.1. The van der Waals surface area contributed by atoms with Crippen LogP contribution in [-0.2, 0) is 4.79 Å². The average molecular weight is 464 g/mol. The van der Waals surface area contributed by atoms with E-state index >= 15 is 0 Å². The molecule has 0 bridgehead atoms. The van der Waals surface area contributed by atoms with Gasteiger partial charge in [0.25, 0.3) is 5.91 Å². The molecule has 7 heteroatoms. The summed E-state index contributed by atoms with van der Waals surface area (Å²) in [6.45, 7) is 0.823. The zero-order valence-corrected chi connectivity index (χ0v) is 19.0. The fraction of sp³-hybridized carbons (Fsp3) is 0.120. The fourth-order valence-corrected chi connectivity index (χ4v) is 4.39. The van der Waals surface area contributed by atoms with Crippen LogP contribution >= 0.6 is 24.0 Å². The quantitative estimate of drug-likeness (QED) is 0.248. The second kappa shape index (κ2) is 10.3. The van der Waals surface area contributed by atoms with Crippen LogP contribution < -0.4 is 19.1 Å². The maximum atomic E-state index is 12.8. The van der Waals surface area contributed by atoms with Crippen LogP contribution in [-0.4, -0.2) is 30.6 Å². The van der Waals surface area contributed by atoms with Crippen molar-refractivity contribution in [3.8, 4) is 17.2 Å². The van der Waals surface area contributed by atoms with Gasteiger partial charge in [0.1, 0.15) is 30.5 Å². The van der Waals surface area contributed by atoms with Crippen LogP contribution in [0.15, 0.2) is 83.8 Å². The fourth-order valence-electron chi connectivity index (χ4n) is 3.09. The number of carbonyl (C=O) groups is 1. The van der Waals surface area contributed by atoms with Gasteiger partial charge in [-0.1, -0.05) is 60.4 Å². The number of amides is 1. The molecular weight excluding hydrogens is 442 g/mol. The molecule has 0 radical (unpaired) electrons. The normalized spacial score (nSPS) is 14.7. The Morgan fingerprint density at radius 3 is 2.28 bits per heavy atom. The minimum Gasteiger partial charge on any atom is -0.497 e. The highest BCUT2D eigenvalue weighted by atomic mass is 32.2. The lowest BCUT2D eigenvalue weighted by Crippen LogP contribution is -2.27. The Morgan fingerprint density at radius 2 is 1.56 bits per heavy atom. The van der Waals surface area contributed by atoms with Gasteiger partial charge in [-0.25, -0.2) is 0 Å². The molecule has 0 atom stereocenters. The number of hydrogen-bond donors (Lipinski definition) is 0. The second-order valence-corrected chi connectivity index (χ2v) is 8.47. The maximum Gasteiger partial charge on any atom is 0.270 e. The number of hydrogen-bond acceptors (Lipinski definition) is 6. The predicted molar refractivity (Wildman–Crippen MR) is 133 cm³/mol. The summed E-state index contributed by atoms with van der Waals surface area (Å²) in [7, 11) is 1.62. The largest absolute Gasteiger partial charge is 0.497 e. The number of para-hydroxylation sites is 1. The van der Waals surface area contributed by atoms with Gasteiger partial charge in [0.2, 0.25) is 0 Å². The van der Waals surface area contributed by atoms with Crippen molar-refractivity contribution in [3.63, 3.8) is 0 Å². The molecule has 0 unspecified atom stereocenters. The number of benzene rings is 3. The van der Waals surface area contributed by atoms with Crippen molar-refractivity contribution >= 4 is 46.0 Å². The van der Waals surface area contributed by atoms with Gasteiger partial charge in [-0.15, -0.1) is 0 Å². The Balaban J connectivity index is 1.32. The lowest BCUT2D eigenvalue weighted by atomic mass is 10.2. The van der Waals surface area contributed by atoms with Crippen LogP contribution in [0.5, 0.6) is 17.2 Å². The van der Waals surface area contributed by atoms with Gasteiger partial charge in [-0.2, -0.15) is 0 Å². The number of nitrogens with zero attached hydrogens (tertiary/aromatic N) is 1. The third kappa shape index (κ3) is 5.30. The van der Waals surface area contributed by atoms with E-state index in [-0.39, 0.29) is 5.91 Å². The van der Waals surface area contributed by atoms with Gasteiger partial charge in [-0.05, 0) is 48.0 Å². The number of methoxy groups -OCH3 is 1. The lowest BCUT2D eigenvalue weighted by Gasteiger charge is -2.13. The van der Waals surface area contributed by atoms with Gasteiger partial charge in [0.05, 0.1) is 17.7 Å². The van der Waals surface area contributed by atoms with Crippen LogP contribution in [0.3, 0.4) is 0 Å². The predicted octanol–water partition coefficient (Wildman–Crippen LogP) is 5.56. The molecule has 3 aromatic carbocycles. The molecule has 0 saturated carbocycles. The molecule has 0 spiro atoms. The molecule has 162 valence electrons. The van der Waals surface area contributed by atoms with Crippen molar-refractivity contribution in [1.29, 1.82) is 0 Å². The van der Waals surface area contributed by atoms with E-state index in [9.17, 15) is 4.79 Å². The van der Waals surface area contributed by atoms with Crippen molar-refractivity contribution in [3.05, 3.63) is 89.3 Å². The number of anilines is 1. The highest BCUT2D eigenvalue weighted by molar-refractivity contribution is 8.27. The molecule has 1 aliphatic heterocycles. The number of rotatable bonds is 8. The Bertz CT molecular complexity index is 1130. The molecule has 1 saturated heterocycles. The zero-order valence-electron chi connectivity index (χ0n) is 17.4. The Morgan fingerprint density at radius 1 is 0.875 bits per heavy atom. The summed E-state index contributed by atoms with van der Waals surface area (Å²) in [5, 5.41) is 0. The minimum atomic E-state index is -0.110. The van der Waals surface area contributed by atoms with Crippen LogP contribution in [0.4, 0.5) is 5.69 Å². The van der Waals surface area contributed by atoms with Gasteiger partial charge in [0, 0.05) is 6.07 Å². The molecule has 0 N–H and O–H groups in total. The van der Waals surface area contributed by atoms with E-state index in [1.165, 1.54) is 11.8 Å². The molecule has 1 amide bonds. The summed E-state index contributed by atoms with van der Waals surface area (Å²) in [6, 6.07) is 24.4. The first-order chi connectivity index (χ1) is 15.6. The van der Waals surface area contributed by atoms with Gasteiger partial charge >= 0.3 is 0 Å². The van der Waals surface area contributed by atoms with Crippen LogP contribution in [0.25, 0.3) is 6.08 Å². The van der Waals surface area contributed by atoms with Gasteiger partial charge < -0.3 is 14.2 Å². The molecule has 0 aliphatic carbocycles. The molecule has 32 heavy (non-hydrogen) atoms. The standard InChI is InChI=1S/C25H21NO4S2/c1-28-21-8-5-9-22(17-21)30-15-14-29-20-12-10-18(11-13-20)16-23-24(27)26(25(31)32-23)19-6-3-2-4-7-19/h2-13,16-17H,14-15H2,1H3/b23-16-. The van der Waals surface area contributed by atoms with Crippen LogP contribution in [0.1, 0.15) is 5.56 Å². The molecular formula is C25H21NO4S2. The summed E-state index contributed by atoms with van der Waals surface area (Å²) in [6.07, 6.45) is 1.85. The minimum absolute atomic E-state index is 0.110. The number of ether oxygens (including phenoxy) is 3. The highest BCUT2D eigenvalue weighted by Gasteiger charge is 2.33. The summed E-state index contributed by atoms with van der Waals surface area (Å²) >= 11 is 6.72. The first kappa shape index (κ1) is 21.9. The van der Waals surface area contributed by atoms with E-state index in [1.54, 1.807) is 12.0 Å². The van der Waals surface area contributed by atoms with E-state index in [0.29, 0.717) is 22.4 Å². The van der Waals surface area contributed by atoms with Crippen molar-refractivity contribution in [1.82, 2.24) is 0 Å². The first-order valence-electron chi connectivity index (χ1n) is 9.97. The summed E-state index contributed by atoms with van der Waals surface area (Å²) in [5.41, 5.74) is 1.68. The van der Waals surface area contributed by atoms with Crippen molar-refractivity contribution in [2.45, 2.75) is 0 Å². The van der Waals surface area contributed by atoms with Crippen molar-refractivity contribution in [2.75, 3.05) is 25.2 Å². The van der Waals surface area contributed by atoms with Crippen LogP contribution in [0.2, 0.25) is 0 Å². The van der Waals surface area contributed by atoms with E-state index in [2.05, 4.69) is 0 Å². The smallest absolute Gasteiger partial charge is 0.270 e. The number of carbonyl (C=O) groups excluding carboxylic acids is 1. The van der Waals surface area contributed by atoms with Gasteiger partial charge in [-0.3, -0.25) is 9.69 Å². The average Bonchev–Trinajstić information content (AvgIpc) is 3.11. The maximum absolute atomic E-state index is 12.8. The summed E-state index contributed by atoms with van der Waals surface area (Å²) in [5.74, 6) is 2.10. The third-order valence-electron chi connectivity index (χ3n) is 4.65. The summed E-state index contributed by atoms with van der Waals surface area (Å²) in [4.78, 5) is 15.0. The zero-order chi connectivity index (χ0) is 22.3. The molecule has 1 fully saturated rings. The number of thioether (sulfide) groups is 1. The van der Waals surface area contributed by atoms with Crippen LogP contribution in [0, 0.1) is 0 Å². The Labute approximate surface area is 196 Å². The highest BCUT2D eigenvalue weighted by Crippen LogP contribution is 2.36. The van der Waals surface area contributed by atoms with E-state index < -0.39 is 0 Å². The first-order valence-corrected chi connectivity index (χ1v) is 11.2. The van der Waals surface area contributed by atoms with E-state index in [0.717, 1.165) is 28.5 Å². The molecule has 4 rings (SSSR count). The molecule has 0 aromatic heterocycles. The topological polar surface area (TPSA) is 48.0 Å². The molecule has 5 nitrogen and oxygen atoms in total. The second-order valence-electron chi connectivity index (χ2n) is 6.80. The Kier molecular flexibility index (Phi) is 7.09. The molecule has 1 aliphatic rings. The Hall–Kier alpha value is -3.29. The lowest BCUT2D eigenvalue weighted by molar-refractivity contribution is -0.113. The van der Waals surface area contributed by atoms with Crippen molar-refractivity contribution in [2.24, 2.45) is 0 Å². The monoisotopic (exact) mass is 463 g/mol. The van der Waals surface area contributed by atoms with E-state index in [1.807, 2.05) is 84.9 Å². The number of thiocarbonyl (C=S) groups is 1.